The molecule has 0 saturated carbocycles. The van der Waals surface area contributed by atoms with Gasteiger partial charge in [-0.15, -0.1) is 0 Å². The molecule has 1 aliphatic rings. The van der Waals surface area contributed by atoms with Crippen LogP contribution >= 0.6 is 10.0 Å². The molecule has 0 aromatic heterocycles. The molecule has 11 heteroatoms. The van der Waals surface area contributed by atoms with Crippen molar-refractivity contribution in [3.05, 3.63) is 0 Å². The summed E-state index contributed by atoms with van der Waals surface area (Å²) in [5.74, 6) is -2.36. The van der Waals surface area contributed by atoms with Gasteiger partial charge in [-0.2, -0.15) is 0 Å². The molecule has 0 bridgehead atoms. The fraction of sp³-hybridized carbons (Fsp3) is 0.778. The molecular formula is C18H29AsO9S. The number of rotatable bonds is 9. The third-order valence-corrected chi connectivity index (χ3v) is 13.6. The number of hydrogen-bond acceptors (Lipinski definition) is 10. The molecule has 1 aliphatic heterocycles. The number of ether oxygens (including phenoxy) is 5. The van der Waals surface area contributed by atoms with Crippen LogP contribution in [0.5, 0.6) is 0 Å². The summed E-state index contributed by atoms with van der Waals surface area (Å²) in [6.07, 6.45) is -4.02. The molecule has 1 fully saturated rings. The van der Waals surface area contributed by atoms with Crippen LogP contribution < -0.4 is 0 Å². The Morgan fingerprint density at radius 1 is 0.793 bits per heavy atom. The Labute approximate surface area is 178 Å². The van der Waals surface area contributed by atoms with Gasteiger partial charge >= 0.3 is 179 Å². The first-order valence-corrected chi connectivity index (χ1v) is 15.1. The molecule has 0 aliphatic carbocycles. The molecule has 29 heavy (non-hydrogen) atoms. The van der Waals surface area contributed by atoms with E-state index in [1.165, 1.54) is 27.7 Å². The van der Waals surface area contributed by atoms with Crippen LogP contribution in [0.2, 0.25) is 10.4 Å². The third kappa shape index (κ3) is 8.56. The second kappa shape index (κ2) is 12.4. The van der Waals surface area contributed by atoms with Crippen molar-refractivity contribution in [2.75, 3.05) is 6.61 Å². The number of carbonyl (C=O) groups is 4. The van der Waals surface area contributed by atoms with E-state index < -0.39 is 67.2 Å². The first-order valence-electron chi connectivity index (χ1n) is 9.31. The molecule has 9 nitrogen and oxygen atoms in total. The molecule has 0 amide bonds. The zero-order chi connectivity index (χ0) is 22.1. The van der Waals surface area contributed by atoms with Gasteiger partial charge in [-0.25, -0.2) is 0 Å². The predicted molar refractivity (Wildman–Crippen MR) is 106 cm³/mol. The van der Waals surface area contributed by atoms with Gasteiger partial charge in [0.1, 0.15) is 0 Å². The number of esters is 4. The van der Waals surface area contributed by atoms with Gasteiger partial charge in [0.15, 0.2) is 0 Å². The summed E-state index contributed by atoms with van der Waals surface area (Å²) in [7, 11) is 1.58. The van der Waals surface area contributed by atoms with E-state index in [1.807, 2.05) is 0 Å². The third-order valence-electron chi connectivity index (χ3n) is 3.91. The molecule has 5 atom stereocenters. The van der Waals surface area contributed by atoms with Crippen LogP contribution in [-0.2, 0) is 42.9 Å². The van der Waals surface area contributed by atoms with Gasteiger partial charge in [0.05, 0.1) is 0 Å². The van der Waals surface area contributed by atoms with Crippen molar-refractivity contribution in [2.45, 2.75) is 81.8 Å². The Balaban J connectivity index is 3.31. The Morgan fingerprint density at radius 2 is 1.28 bits per heavy atom. The topological polar surface area (TPSA) is 114 Å². The maximum absolute atomic E-state index is 11.8. The Bertz CT molecular complexity index is 596. The zero-order valence-electron chi connectivity index (χ0n) is 17.5. The summed E-state index contributed by atoms with van der Waals surface area (Å²) in [6.45, 7) is 8.88. The van der Waals surface area contributed by atoms with E-state index in [-0.39, 0.29) is 6.61 Å². The van der Waals surface area contributed by atoms with E-state index in [1.54, 1.807) is 10.0 Å². The van der Waals surface area contributed by atoms with E-state index in [4.69, 9.17) is 23.7 Å². The molecule has 0 unspecified atom stereocenters. The van der Waals surface area contributed by atoms with Gasteiger partial charge < -0.3 is 0 Å². The van der Waals surface area contributed by atoms with Gasteiger partial charge in [0, 0.05) is 0 Å². The minimum atomic E-state index is -1.36. The summed E-state index contributed by atoms with van der Waals surface area (Å²) < 4.78 is 27.4. The van der Waals surface area contributed by atoms with Crippen molar-refractivity contribution >= 4 is 47.4 Å². The van der Waals surface area contributed by atoms with Crippen LogP contribution in [0, 0.1) is 0 Å². The summed E-state index contributed by atoms with van der Waals surface area (Å²) in [5.41, 5.74) is -0.643. The first kappa shape index (κ1) is 25.8. The molecule has 0 N–H and O–H groups in total. The SMILES string of the molecule is CC[As](CC)S[C@@H]1O[C@H](COC(C)=O)[C@@H](OC(C)=O)[C@H](OC(C)=O)[C@H]1OC(C)=O. The van der Waals surface area contributed by atoms with E-state index in [0.29, 0.717) is 0 Å². The van der Waals surface area contributed by atoms with Gasteiger partial charge in [-0.1, -0.05) is 0 Å². The molecule has 1 rings (SSSR count). The molecule has 0 radical (unpaired) electrons. The van der Waals surface area contributed by atoms with Crippen LogP contribution in [0.1, 0.15) is 41.5 Å². The fourth-order valence-corrected chi connectivity index (χ4v) is 9.64. The van der Waals surface area contributed by atoms with Gasteiger partial charge in [-0.3, -0.25) is 0 Å². The van der Waals surface area contributed by atoms with E-state index in [0.717, 1.165) is 10.4 Å². The Kier molecular flexibility index (Phi) is 11.1. The standard InChI is InChI=1S/C18H29AsO9S/c1-7-19(8-2)29-18-17(27-13(6)23)16(26-12(5)22)15(25-11(4)21)14(28-18)9-24-10(3)20/h14-18H,7-9H2,1-6H3/t14-,15-,16+,17-,18+/m1/s1. The predicted octanol–water partition coefficient (Wildman–Crippen LogP) is 1.83. The molecular weight excluding hydrogens is 467 g/mol. The van der Waals surface area contributed by atoms with Gasteiger partial charge in [0.25, 0.3) is 0 Å². The Morgan fingerprint density at radius 3 is 1.72 bits per heavy atom. The molecule has 0 spiro atoms. The summed E-state index contributed by atoms with van der Waals surface area (Å²) in [6, 6.07) is 0. The van der Waals surface area contributed by atoms with Gasteiger partial charge in [0.2, 0.25) is 0 Å². The van der Waals surface area contributed by atoms with Crippen LogP contribution in [0.15, 0.2) is 0 Å². The average Bonchev–Trinajstić information content (AvgIpc) is 2.61. The monoisotopic (exact) mass is 496 g/mol. The van der Waals surface area contributed by atoms with Crippen molar-refractivity contribution in [1.29, 1.82) is 0 Å². The van der Waals surface area contributed by atoms with Crippen LogP contribution in [-0.4, -0.2) is 73.8 Å². The quantitative estimate of drug-likeness (QED) is 0.266. The van der Waals surface area contributed by atoms with Crippen LogP contribution in [0.25, 0.3) is 0 Å². The molecule has 0 aromatic rings. The van der Waals surface area contributed by atoms with Crippen molar-refractivity contribution in [3.8, 4) is 0 Å². The Hall–Kier alpha value is -1.25. The van der Waals surface area contributed by atoms with Crippen molar-refractivity contribution < 1.29 is 42.9 Å². The van der Waals surface area contributed by atoms with Crippen LogP contribution in [0.3, 0.4) is 0 Å². The van der Waals surface area contributed by atoms with Crippen molar-refractivity contribution in [3.63, 3.8) is 0 Å². The van der Waals surface area contributed by atoms with E-state index in [2.05, 4.69) is 13.8 Å². The fourth-order valence-electron chi connectivity index (χ4n) is 2.79. The molecule has 1 saturated heterocycles. The average molecular weight is 496 g/mol. The van der Waals surface area contributed by atoms with E-state index in [9.17, 15) is 19.2 Å². The zero-order valence-corrected chi connectivity index (χ0v) is 20.2. The first-order chi connectivity index (χ1) is 13.6. The second-order valence-corrected chi connectivity index (χ2v) is 15.6. The van der Waals surface area contributed by atoms with Gasteiger partial charge in [-0.05, 0) is 0 Å². The summed E-state index contributed by atoms with van der Waals surface area (Å²) in [5, 5.41) is 1.97. The summed E-state index contributed by atoms with van der Waals surface area (Å²) in [4.78, 5) is 46.5. The molecule has 166 valence electrons. The van der Waals surface area contributed by atoms with Crippen LogP contribution in [0.4, 0.5) is 0 Å². The maximum atomic E-state index is 11.8. The number of hydrogen-bond donors (Lipinski definition) is 0. The second-order valence-electron chi connectivity index (χ2n) is 6.29. The summed E-state index contributed by atoms with van der Waals surface area (Å²) >= 11 is -1.36. The van der Waals surface area contributed by atoms with E-state index >= 15 is 0 Å². The van der Waals surface area contributed by atoms with Crippen molar-refractivity contribution in [2.24, 2.45) is 0 Å². The molecule has 1 heterocycles. The van der Waals surface area contributed by atoms with Crippen molar-refractivity contribution in [1.82, 2.24) is 0 Å². The number of carbonyl (C=O) groups excluding carboxylic acids is 4. The normalized spacial score (nSPS) is 26.5. The minimum absolute atomic E-state index is 0.194. The molecule has 0 aromatic carbocycles.